The number of anilines is 1. The Bertz CT molecular complexity index is 666. The Morgan fingerprint density at radius 1 is 1.19 bits per heavy atom. The number of likely N-dealkylation sites (tertiary alicyclic amines) is 1. The Morgan fingerprint density at radius 2 is 1.96 bits per heavy atom. The normalized spacial score (nSPS) is 18.3. The van der Waals surface area contributed by atoms with E-state index < -0.39 is 0 Å². The molecule has 27 heavy (non-hydrogen) atoms. The maximum absolute atomic E-state index is 12.4. The molecule has 3 rings (SSSR count). The van der Waals surface area contributed by atoms with Crippen molar-refractivity contribution in [3.05, 3.63) is 23.8 Å². The van der Waals surface area contributed by atoms with E-state index in [1.165, 1.54) is 45.2 Å². The minimum atomic E-state index is -0.0264. The highest BCUT2D eigenvalue weighted by molar-refractivity contribution is 6.01. The lowest BCUT2D eigenvalue weighted by Gasteiger charge is -2.33. The second-order valence-corrected chi connectivity index (χ2v) is 7.85. The highest BCUT2D eigenvalue weighted by atomic mass is 16.5. The van der Waals surface area contributed by atoms with Gasteiger partial charge in [-0.05, 0) is 69.9 Å². The van der Waals surface area contributed by atoms with Gasteiger partial charge < -0.3 is 14.5 Å². The molecule has 148 valence electrons. The number of unbranched alkanes of at least 4 members (excludes halogenated alkanes) is 1. The number of piperidine rings is 1. The van der Waals surface area contributed by atoms with Gasteiger partial charge in [0.2, 0.25) is 0 Å². The van der Waals surface area contributed by atoms with Crippen molar-refractivity contribution >= 4 is 17.4 Å². The average Bonchev–Trinajstić information content (AvgIpc) is 2.68. The Morgan fingerprint density at radius 3 is 2.67 bits per heavy atom. The van der Waals surface area contributed by atoms with E-state index in [0.717, 1.165) is 24.6 Å². The van der Waals surface area contributed by atoms with E-state index in [4.69, 9.17) is 4.74 Å². The molecule has 0 unspecified atom stereocenters. The van der Waals surface area contributed by atoms with Crippen LogP contribution in [0.1, 0.15) is 62.7 Å². The molecule has 0 saturated carbocycles. The standard InChI is InChI=1S/C22H32N2O3/c1-3-4-6-18-9-13-23(14-10-18)11-5-12-24-20-15-19(17(2)25)7-8-21(20)27-16-22(24)26/h7-8,15,18H,3-6,9-14,16H2,1-2H3. The summed E-state index contributed by atoms with van der Waals surface area (Å²) in [5, 5.41) is 0. The van der Waals surface area contributed by atoms with Crippen molar-refractivity contribution in [1.29, 1.82) is 0 Å². The van der Waals surface area contributed by atoms with Crippen molar-refractivity contribution in [2.75, 3.05) is 37.7 Å². The molecule has 0 bridgehead atoms. The largest absolute Gasteiger partial charge is 0.482 e. The van der Waals surface area contributed by atoms with Gasteiger partial charge in [0.1, 0.15) is 5.75 Å². The third-order valence-electron chi connectivity index (χ3n) is 5.84. The van der Waals surface area contributed by atoms with E-state index in [0.29, 0.717) is 17.9 Å². The number of benzene rings is 1. The molecule has 0 atom stereocenters. The minimum Gasteiger partial charge on any atom is -0.482 e. The molecular weight excluding hydrogens is 340 g/mol. The molecule has 5 nitrogen and oxygen atoms in total. The number of amides is 1. The fraction of sp³-hybridized carbons (Fsp3) is 0.636. The number of rotatable bonds is 8. The maximum atomic E-state index is 12.4. The van der Waals surface area contributed by atoms with Crippen molar-refractivity contribution in [3.63, 3.8) is 0 Å². The summed E-state index contributed by atoms with van der Waals surface area (Å²) in [6.07, 6.45) is 7.58. The van der Waals surface area contributed by atoms with Crippen molar-refractivity contribution < 1.29 is 14.3 Å². The quantitative estimate of drug-likeness (QED) is 0.649. The third-order valence-corrected chi connectivity index (χ3v) is 5.84. The van der Waals surface area contributed by atoms with Crippen LogP contribution in [0.25, 0.3) is 0 Å². The molecular formula is C22H32N2O3. The first-order valence-electron chi connectivity index (χ1n) is 10.4. The van der Waals surface area contributed by atoms with Crippen LogP contribution in [0.2, 0.25) is 0 Å². The van der Waals surface area contributed by atoms with E-state index >= 15 is 0 Å². The number of hydrogen-bond donors (Lipinski definition) is 0. The summed E-state index contributed by atoms with van der Waals surface area (Å²) in [4.78, 5) is 28.4. The molecule has 1 saturated heterocycles. The molecule has 1 amide bonds. The second-order valence-electron chi connectivity index (χ2n) is 7.85. The van der Waals surface area contributed by atoms with E-state index in [9.17, 15) is 9.59 Å². The number of ether oxygens (including phenoxy) is 1. The molecule has 0 N–H and O–H groups in total. The van der Waals surface area contributed by atoms with E-state index in [2.05, 4.69) is 11.8 Å². The van der Waals surface area contributed by atoms with Gasteiger partial charge in [-0.25, -0.2) is 0 Å². The molecule has 0 radical (unpaired) electrons. The first-order valence-corrected chi connectivity index (χ1v) is 10.4. The number of hydrogen-bond acceptors (Lipinski definition) is 4. The second kappa shape index (κ2) is 9.36. The van der Waals surface area contributed by atoms with Gasteiger partial charge in [0, 0.05) is 12.1 Å². The van der Waals surface area contributed by atoms with Crippen LogP contribution in [-0.4, -0.2) is 49.4 Å². The van der Waals surface area contributed by atoms with Crippen molar-refractivity contribution in [3.8, 4) is 5.75 Å². The smallest absolute Gasteiger partial charge is 0.265 e. The first kappa shape index (κ1) is 19.9. The maximum Gasteiger partial charge on any atom is 0.265 e. The fourth-order valence-corrected chi connectivity index (χ4v) is 4.11. The van der Waals surface area contributed by atoms with Gasteiger partial charge >= 0.3 is 0 Å². The summed E-state index contributed by atoms with van der Waals surface area (Å²) in [7, 11) is 0. The molecule has 1 aromatic carbocycles. The number of ketones is 1. The zero-order valence-corrected chi connectivity index (χ0v) is 16.7. The molecule has 1 aromatic rings. The molecule has 2 heterocycles. The highest BCUT2D eigenvalue weighted by Gasteiger charge is 2.26. The predicted octanol–water partition coefficient (Wildman–Crippen LogP) is 3.91. The van der Waals surface area contributed by atoms with Crippen LogP contribution in [0.15, 0.2) is 18.2 Å². The topological polar surface area (TPSA) is 49.9 Å². The van der Waals surface area contributed by atoms with Crippen LogP contribution >= 0.6 is 0 Å². The van der Waals surface area contributed by atoms with Crippen molar-refractivity contribution in [2.45, 2.75) is 52.4 Å². The van der Waals surface area contributed by atoms with Gasteiger partial charge in [-0.3, -0.25) is 9.59 Å². The number of fused-ring (bicyclic) bond motifs is 1. The van der Waals surface area contributed by atoms with Gasteiger partial charge in [-0.15, -0.1) is 0 Å². The van der Waals surface area contributed by atoms with Gasteiger partial charge in [0.15, 0.2) is 12.4 Å². The van der Waals surface area contributed by atoms with Crippen LogP contribution in [0.4, 0.5) is 5.69 Å². The number of nitrogens with zero attached hydrogens (tertiary/aromatic N) is 2. The van der Waals surface area contributed by atoms with Crippen LogP contribution < -0.4 is 9.64 Å². The first-order chi connectivity index (χ1) is 13.1. The predicted molar refractivity (Wildman–Crippen MR) is 108 cm³/mol. The van der Waals surface area contributed by atoms with Crippen LogP contribution in [0.3, 0.4) is 0 Å². The molecule has 1 fully saturated rings. The summed E-state index contributed by atoms with van der Waals surface area (Å²) < 4.78 is 5.53. The van der Waals surface area contributed by atoms with E-state index in [1.807, 2.05) is 0 Å². The molecule has 5 heteroatoms. The number of carbonyl (C=O) groups is 2. The Labute approximate surface area is 162 Å². The Kier molecular flexibility index (Phi) is 6.89. The zero-order valence-electron chi connectivity index (χ0n) is 16.7. The number of carbonyl (C=O) groups excluding carboxylic acids is 2. The van der Waals surface area contributed by atoms with Gasteiger partial charge in [0.25, 0.3) is 5.91 Å². The Hall–Kier alpha value is -1.88. The number of Topliss-reactive ketones (excluding diaryl/α,β-unsaturated/α-hetero) is 1. The zero-order chi connectivity index (χ0) is 19.2. The SMILES string of the molecule is CCCCC1CCN(CCCN2C(=O)COc3ccc(C(C)=O)cc32)CC1. The molecule has 0 aliphatic carbocycles. The summed E-state index contributed by atoms with van der Waals surface area (Å²) in [6.45, 7) is 7.93. The van der Waals surface area contributed by atoms with E-state index in [-0.39, 0.29) is 18.3 Å². The van der Waals surface area contributed by atoms with Crippen LogP contribution in [0, 0.1) is 5.92 Å². The van der Waals surface area contributed by atoms with Gasteiger partial charge in [-0.1, -0.05) is 26.2 Å². The van der Waals surface area contributed by atoms with E-state index in [1.54, 1.807) is 30.0 Å². The Balaban J connectivity index is 1.52. The average molecular weight is 373 g/mol. The molecule has 0 spiro atoms. The van der Waals surface area contributed by atoms with Crippen LogP contribution in [0.5, 0.6) is 5.75 Å². The van der Waals surface area contributed by atoms with Gasteiger partial charge in [0.05, 0.1) is 5.69 Å². The summed E-state index contributed by atoms with van der Waals surface area (Å²) >= 11 is 0. The summed E-state index contributed by atoms with van der Waals surface area (Å²) in [6, 6.07) is 5.35. The lowest BCUT2D eigenvalue weighted by molar-refractivity contribution is -0.121. The fourth-order valence-electron chi connectivity index (χ4n) is 4.11. The third kappa shape index (κ3) is 5.10. The molecule has 2 aliphatic rings. The van der Waals surface area contributed by atoms with Crippen molar-refractivity contribution in [2.24, 2.45) is 5.92 Å². The summed E-state index contributed by atoms with van der Waals surface area (Å²) in [5.41, 5.74) is 1.35. The molecule has 0 aromatic heterocycles. The van der Waals surface area contributed by atoms with Gasteiger partial charge in [-0.2, -0.15) is 0 Å². The molecule has 2 aliphatic heterocycles. The minimum absolute atomic E-state index is 0.00159. The monoisotopic (exact) mass is 372 g/mol. The van der Waals surface area contributed by atoms with Crippen LogP contribution in [-0.2, 0) is 4.79 Å². The highest BCUT2D eigenvalue weighted by Crippen LogP contribution is 2.33. The lowest BCUT2D eigenvalue weighted by Crippen LogP contribution is -2.41. The summed E-state index contributed by atoms with van der Waals surface area (Å²) in [5.74, 6) is 1.57. The van der Waals surface area contributed by atoms with Crippen molar-refractivity contribution in [1.82, 2.24) is 4.90 Å². The lowest BCUT2D eigenvalue weighted by atomic mass is 9.91.